The number of rotatable bonds is 3. The Hall–Kier alpha value is 1.07. The molecule has 0 rings (SSSR count). The second kappa shape index (κ2) is 3.85. The third-order valence-corrected chi connectivity index (χ3v) is 4.20. The van der Waals surface area contributed by atoms with Crippen molar-refractivity contribution in [2.45, 2.75) is 22.7 Å². The number of halogens is 5. The van der Waals surface area contributed by atoms with Crippen LogP contribution in [0, 0.1) is 0 Å². The number of hydrogen-bond donors (Lipinski definition) is 1. The molecule has 0 aromatic carbocycles. The van der Waals surface area contributed by atoms with Gasteiger partial charge in [0.15, 0.2) is 5.56 Å². The summed E-state index contributed by atoms with van der Waals surface area (Å²) in [6, 6.07) is 0. The van der Waals surface area contributed by atoms with Gasteiger partial charge in [-0.3, -0.25) is 0 Å². The lowest BCUT2D eigenvalue weighted by atomic mass is 10.1. The fraction of sp³-hybridized carbons (Fsp3) is 1.00. The Kier molecular flexibility index (Phi) is 4.23. The Bertz CT molecular complexity index is 140. The zero-order chi connectivity index (χ0) is 9.28. The van der Waals surface area contributed by atoms with Gasteiger partial charge in [-0.25, -0.2) is 8.78 Å². The molecule has 0 spiro atoms. The van der Waals surface area contributed by atoms with Crippen molar-refractivity contribution in [2.24, 2.45) is 0 Å². The molecule has 68 valence electrons. The van der Waals surface area contributed by atoms with Crippen molar-refractivity contribution in [1.29, 1.82) is 0 Å². The van der Waals surface area contributed by atoms with Gasteiger partial charge in [-0.2, -0.15) is 0 Å². The minimum absolute atomic E-state index is 0.00319. The molecule has 2 atom stereocenters. The Labute approximate surface area is 85.4 Å². The molecule has 0 amide bonds. The second-order valence-electron chi connectivity index (χ2n) is 2.29. The van der Waals surface area contributed by atoms with Gasteiger partial charge in [0.2, 0.25) is 0 Å². The Balaban J connectivity index is 4.53. The molecule has 0 fully saturated rings. The monoisotopic (exact) mass is 314 g/mol. The maximum Gasteiger partial charge on any atom is 0.302 e. The fourth-order valence-corrected chi connectivity index (χ4v) is 1.30. The fourth-order valence-electron chi connectivity index (χ4n) is 0.337. The highest BCUT2D eigenvalue weighted by molar-refractivity contribution is 9.12. The van der Waals surface area contributed by atoms with E-state index in [1.165, 1.54) is 6.92 Å². The summed E-state index contributed by atoms with van der Waals surface area (Å²) >= 11 is 10.5. The van der Waals surface area contributed by atoms with E-state index in [-0.39, 0.29) is 5.33 Å². The molecule has 0 aliphatic heterocycles. The summed E-state index contributed by atoms with van der Waals surface area (Å²) < 4.78 is 24.2. The summed E-state index contributed by atoms with van der Waals surface area (Å²) in [4.78, 5) is 0. The number of hydrogen-bond acceptors (Lipinski definition) is 1. The molecule has 11 heavy (non-hydrogen) atoms. The summed E-state index contributed by atoms with van der Waals surface area (Å²) in [6.07, 6.45) is 0. The van der Waals surface area contributed by atoms with Crippen molar-refractivity contribution in [3.63, 3.8) is 0 Å². The first-order chi connectivity index (χ1) is 4.75. The summed E-state index contributed by atoms with van der Waals surface area (Å²) in [5, 5.41) is 8.51. The van der Waals surface area contributed by atoms with Crippen LogP contribution in [0.3, 0.4) is 0 Å². The molecule has 6 heteroatoms. The summed E-state index contributed by atoms with van der Waals surface area (Å²) in [7, 11) is 0. The van der Waals surface area contributed by atoms with Crippen LogP contribution in [-0.2, 0) is 0 Å². The highest BCUT2D eigenvalue weighted by Crippen LogP contribution is 2.41. The van der Waals surface area contributed by atoms with Crippen LogP contribution >= 0.6 is 43.5 Å². The van der Waals surface area contributed by atoms with Gasteiger partial charge in [0.1, 0.15) is 0 Å². The predicted octanol–water partition coefficient (Wildman–Crippen LogP) is 2.73. The summed E-state index contributed by atoms with van der Waals surface area (Å²) in [5.41, 5.74) is -2.18. The SMILES string of the molecule is CC(Br)(CBr)C(F)(F)C(O)Cl. The van der Waals surface area contributed by atoms with E-state index < -0.39 is 15.8 Å². The third-order valence-electron chi connectivity index (χ3n) is 1.25. The highest BCUT2D eigenvalue weighted by Gasteiger charge is 2.52. The number of aliphatic hydroxyl groups excluding tert-OH is 1. The lowest BCUT2D eigenvalue weighted by molar-refractivity contribution is -0.0892. The average Bonchev–Trinajstić information content (AvgIpc) is 1.87. The van der Waals surface area contributed by atoms with Crippen LogP contribution in [-0.4, -0.2) is 26.2 Å². The molecule has 0 aromatic heterocycles. The normalized spacial score (nSPS) is 21.0. The van der Waals surface area contributed by atoms with E-state index in [4.69, 9.17) is 16.7 Å². The van der Waals surface area contributed by atoms with E-state index in [0.29, 0.717) is 0 Å². The number of alkyl halides is 5. The molecular weight excluding hydrogens is 309 g/mol. The van der Waals surface area contributed by atoms with Crippen molar-refractivity contribution < 1.29 is 13.9 Å². The van der Waals surface area contributed by atoms with Crippen LogP contribution in [0.4, 0.5) is 8.78 Å². The van der Waals surface area contributed by atoms with Crippen LogP contribution in [0.15, 0.2) is 0 Å². The largest absolute Gasteiger partial charge is 0.372 e. The lowest BCUT2D eigenvalue weighted by Gasteiger charge is -2.31. The van der Waals surface area contributed by atoms with Gasteiger partial charge >= 0.3 is 5.92 Å². The summed E-state index contributed by atoms with van der Waals surface area (Å²) in [6.45, 7) is 1.24. The van der Waals surface area contributed by atoms with E-state index in [2.05, 4.69) is 31.9 Å². The van der Waals surface area contributed by atoms with Gasteiger partial charge in [0, 0.05) is 5.33 Å². The van der Waals surface area contributed by atoms with Crippen LogP contribution < -0.4 is 0 Å². The van der Waals surface area contributed by atoms with Gasteiger partial charge in [0.05, 0.1) is 4.32 Å². The first-order valence-electron chi connectivity index (χ1n) is 2.70. The smallest absolute Gasteiger partial charge is 0.302 e. The molecule has 1 N–H and O–H groups in total. The first-order valence-corrected chi connectivity index (χ1v) is 5.05. The molecule has 0 radical (unpaired) electrons. The molecule has 0 aliphatic rings. The van der Waals surface area contributed by atoms with E-state index >= 15 is 0 Å². The quantitative estimate of drug-likeness (QED) is 0.794. The second-order valence-corrected chi connectivity index (χ2v) is 5.01. The van der Waals surface area contributed by atoms with E-state index in [1.807, 2.05) is 0 Å². The number of aliphatic hydroxyl groups is 1. The minimum atomic E-state index is -3.36. The maximum absolute atomic E-state index is 12.9. The maximum atomic E-state index is 12.9. The molecule has 1 nitrogen and oxygen atoms in total. The van der Waals surface area contributed by atoms with Crippen molar-refractivity contribution >= 4 is 43.5 Å². The Morgan fingerprint density at radius 1 is 1.64 bits per heavy atom. The molecule has 0 saturated heterocycles. The van der Waals surface area contributed by atoms with Gasteiger partial charge in [-0.05, 0) is 6.92 Å². The molecule has 0 saturated carbocycles. The lowest BCUT2D eigenvalue weighted by Crippen LogP contribution is -2.48. The van der Waals surface area contributed by atoms with E-state index in [1.54, 1.807) is 0 Å². The molecule has 2 unspecified atom stereocenters. The Morgan fingerprint density at radius 2 is 2.00 bits per heavy atom. The zero-order valence-electron chi connectivity index (χ0n) is 5.62. The standard InChI is InChI=1S/C5H7Br2ClF2O/c1-4(7,2-6)5(9,10)3(8)11/h3,11H,2H2,1H3. The van der Waals surface area contributed by atoms with E-state index in [9.17, 15) is 8.78 Å². The van der Waals surface area contributed by atoms with Gasteiger partial charge in [-0.1, -0.05) is 43.5 Å². The van der Waals surface area contributed by atoms with Gasteiger partial charge < -0.3 is 5.11 Å². The van der Waals surface area contributed by atoms with Crippen LogP contribution in [0.1, 0.15) is 6.92 Å². The molecule has 0 aromatic rings. The van der Waals surface area contributed by atoms with Crippen LogP contribution in [0.5, 0.6) is 0 Å². The molecule has 0 bridgehead atoms. The first kappa shape index (κ1) is 12.1. The zero-order valence-corrected chi connectivity index (χ0v) is 9.55. The topological polar surface area (TPSA) is 20.2 Å². The van der Waals surface area contributed by atoms with Crippen LogP contribution in [0.2, 0.25) is 0 Å². The van der Waals surface area contributed by atoms with Gasteiger partial charge in [0.25, 0.3) is 0 Å². The Morgan fingerprint density at radius 3 is 2.09 bits per heavy atom. The van der Waals surface area contributed by atoms with Crippen molar-refractivity contribution in [2.75, 3.05) is 5.33 Å². The average molecular weight is 316 g/mol. The summed E-state index contributed by atoms with van der Waals surface area (Å²) in [5.74, 6) is -3.36. The van der Waals surface area contributed by atoms with Crippen molar-refractivity contribution in [3.8, 4) is 0 Å². The minimum Gasteiger partial charge on any atom is -0.372 e. The highest BCUT2D eigenvalue weighted by atomic mass is 79.9. The molecular formula is C5H7Br2ClF2O. The third kappa shape index (κ3) is 2.50. The van der Waals surface area contributed by atoms with E-state index in [0.717, 1.165) is 0 Å². The predicted molar refractivity (Wildman–Crippen MR) is 47.9 cm³/mol. The van der Waals surface area contributed by atoms with Crippen molar-refractivity contribution in [1.82, 2.24) is 0 Å². The van der Waals surface area contributed by atoms with Crippen molar-refractivity contribution in [3.05, 3.63) is 0 Å². The van der Waals surface area contributed by atoms with Crippen LogP contribution in [0.25, 0.3) is 0 Å². The molecule has 0 heterocycles. The molecule has 0 aliphatic carbocycles. The van der Waals surface area contributed by atoms with Gasteiger partial charge in [-0.15, -0.1) is 0 Å².